The van der Waals surface area contributed by atoms with Crippen molar-refractivity contribution in [2.24, 2.45) is 0 Å². The van der Waals surface area contributed by atoms with Gasteiger partial charge in [-0.15, -0.1) is 0 Å². The summed E-state index contributed by atoms with van der Waals surface area (Å²) in [5.74, 6) is -0.945. The highest BCUT2D eigenvalue weighted by molar-refractivity contribution is 5.99. The van der Waals surface area contributed by atoms with Crippen molar-refractivity contribution in [3.63, 3.8) is 0 Å². The monoisotopic (exact) mass is 359 g/mol. The van der Waals surface area contributed by atoms with E-state index in [1.54, 1.807) is 13.0 Å². The largest absolute Gasteiger partial charge is 0.450 e. The smallest absolute Gasteiger partial charge is 0.375 e. The molecule has 0 bridgehead atoms. The molecule has 1 N–H and O–H groups in total. The summed E-state index contributed by atoms with van der Waals surface area (Å²) >= 11 is 0. The van der Waals surface area contributed by atoms with Crippen LogP contribution in [0.15, 0.2) is 71.1 Å². The third kappa shape index (κ3) is 3.40. The van der Waals surface area contributed by atoms with Crippen LogP contribution < -0.4 is 5.32 Å². The van der Waals surface area contributed by atoms with Gasteiger partial charge in [0.15, 0.2) is 6.61 Å². The molecular weight excluding hydrogens is 342 g/mol. The highest BCUT2D eigenvalue weighted by atomic mass is 16.5. The van der Waals surface area contributed by atoms with Gasteiger partial charge in [0.1, 0.15) is 5.58 Å². The maximum absolute atomic E-state index is 12.3. The fourth-order valence-electron chi connectivity index (χ4n) is 3.03. The molecular formula is C22H17NO4. The van der Waals surface area contributed by atoms with Gasteiger partial charge in [-0.3, -0.25) is 4.79 Å². The molecule has 1 amide bonds. The fraction of sp³-hybridized carbons (Fsp3) is 0.0909. The Bertz CT molecular complexity index is 1160. The van der Waals surface area contributed by atoms with E-state index >= 15 is 0 Å². The van der Waals surface area contributed by atoms with E-state index in [0.29, 0.717) is 16.8 Å². The second-order valence-corrected chi connectivity index (χ2v) is 6.24. The van der Waals surface area contributed by atoms with Crippen LogP contribution in [0.5, 0.6) is 0 Å². The van der Waals surface area contributed by atoms with Crippen molar-refractivity contribution in [1.82, 2.24) is 0 Å². The molecule has 0 saturated carbocycles. The van der Waals surface area contributed by atoms with Crippen LogP contribution in [0.1, 0.15) is 16.1 Å². The standard InChI is InChI=1S/C22H17NO4/c1-14-18-8-4-5-9-19(18)27-21(14)22(25)26-13-20(24)23-17-11-10-15-6-2-3-7-16(15)12-17/h2-12H,13H2,1H3,(H,23,24). The molecule has 0 radical (unpaired) electrons. The lowest BCUT2D eigenvalue weighted by molar-refractivity contribution is -0.119. The first-order chi connectivity index (χ1) is 13.1. The van der Waals surface area contributed by atoms with Crippen LogP contribution in [0, 0.1) is 6.92 Å². The Balaban J connectivity index is 1.42. The lowest BCUT2D eigenvalue weighted by atomic mass is 10.1. The minimum Gasteiger partial charge on any atom is -0.450 e. The quantitative estimate of drug-likeness (QED) is 0.537. The van der Waals surface area contributed by atoms with Crippen molar-refractivity contribution in [1.29, 1.82) is 0 Å². The van der Waals surface area contributed by atoms with Gasteiger partial charge in [-0.1, -0.05) is 48.5 Å². The zero-order valence-corrected chi connectivity index (χ0v) is 14.7. The number of nitrogens with one attached hydrogen (secondary N) is 1. The van der Waals surface area contributed by atoms with Gasteiger partial charge in [-0.25, -0.2) is 4.79 Å². The number of ether oxygens (including phenoxy) is 1. The zero-order valence-electron chi connectivity index (χ0n) is 14.7. The summed E-state index contributed by atoms with van der Waals surface area (Å²) in [7, 11) is 0. The molecule has 0 aliphatic carbocycles. The Morgan fingerprint density at radius 2 is 1.70 bits per heavy atom. The van der Waals surface area contributed by atoms with Crippen LogP contribution in [0.25, 0.3) is 21.7 Å². The minimum atomic E-state index is -0.655. The molecule has 4 aromatic rings. The number of hydrogen-bond donors (Lipinski definition) is 1. The Hall–Kier alpha value is -3.60. The van der Waals surface area contributed by atoms with E-state index in [1.165, 1.54) is 0 Å². The molecule has 0 unspecified atom stereocenters. The van der Waals surface area contributed by atoms with Gasteiger partial charge >= 0.3 is 5.97 Å². The Labute approximate surface area is 155 Å². The summed E-state index contributed by atoms with van der Waals surface area (Å²) in [5, 5.41) is 5.69. The van der Waals surface area contributed by atoms with Gasteiger partial charge in [-0.2, -0.15) is 0 Å². The van der Waals surface area contributed by atoms with Crippen LogP contribution in [0.2, 0.25) is 0 Å². The molecule has 0 aliphatic heterocycles. The average Bonchev–Trinajstić information content (AvgIpc) is 3.03. The number of benzene rings is 3. The number of carbonyl (C=O) groups is 2. The van der Waals surface area contributed by atoms with Crippen molar-refractivity contribution in [3.8, 4) is 0 Å². The molecule has 0 atom stereocenters. The number of rotatable bonds is 4. The van der Waals surface area contributed by atoms with Crippen molar-refractivity contribution in [2.45, 2.75) is 6.92 Å². The number of furan rings is 1. The van der Waals surface area contributed by atoms with Gasteiger partial charge in [0.2, 0.25) is 5.76 Å². The van der Waals surface area contributed by atoms with Crippen molar-refractivity contribution in [2.75, 3.05) is 11.9 Å². The highest BCUT2D eigenvalue weighted by Crippen LogP contribution is 2.25. The number of esters is 1. The number of anilines is 1. The Kier molecular flexibility index (Phi) is 4.34. The van der Waals surface area contributed by atoms with E-state index in [1.807, 2.05) is 60.7 Å². The second-order valence-electron chi connectivity index (χ2n) is 6.24. The molecule has 0 saturated heterocycles. The average molecular weight is 359 g/mol. The molecule has 27 heavy (non-hydrogen) atoms. The molecule has 4 rings (SSSR count). The molecule has 0 aliphatic rings. The summed E-state index contributed by atoms with van der Waals surface area (Å²) in [6.07, 6.45) is 0. The lowest BCUT2D eigenvalue weighted by Crippen LogP contribution is -2.21. The predicted octanol–water partition coefficient (Wildman–Crippen LogP) is 4.69. The lowest BCUT2D eigenvalue weighted by Gasteiger charge is -2.07. The summed E-state index contributed by atoms with van der Waals surface area (Å²) in [6.45, 7) is 1.40. The Morgan fingerprint density at radius 1 is 0.963 bits per heavy atom. The normalized spacial score (nSPS) is 10.9. The Morgan fingerprint density at radius 3 is 2.52 bits per heavy atom. The molecule has 0 spiro atoms. The first-order valence-electron chi connectivity index (χ1n) is 8.56. The van der Waals surface area contributed by atoms with Crippen LogP contribution in [-0.4, -0.2) is 18.5 Å². The molecule has 5 nitrogen and oxygen atoms in total. The number of carbonyl (C=O) groups excluding carboxylic acids is 2. The topological polar surface area (TPSA) is 68.5 Å². The summed E-state index contributed by atoms with van der Waals surface area (Å²) < 4.78 is 10.7. The maximum Gasteiger partial charge on any atom is 0.375 e. The van der Waals surface area contributed by atoms with E-state index in [9.17, 15) is 9.59 Å². The van der Waals surface area contributed by atoms with Crippen LogP contribution >= 0.6 is 0 Å². The number of fused-ring (bicyclic) bond motifs is 2. The summed E-state index contributed by atoms with van der Waals surface area (Å²) in [6, 6.07) is 20.8. The summed E-state index contributed by atoms with van der Waals surface area (Å²) in [5.41, 5.74) is 1.96. The summed E-state index contributed by atoms with van der Waals surface area (Å²) in [4.78, 5) is 24.4. The first kappa shape index (κ1) is 16.8. The third-order valence-electron chi connectivity index (χ3n) is 4.40. The minimum absolute atomic E-state index is 0.120. The van der Waals surface area contributed by atoms with E-state index in [4.69, 9.17) is 9.15 Å². The van der Waals surface area contributed by atoms with Gasteiger partial charge in [0.05, 0.1) is 0 Å². The maximum atomic E-state index is 12.3. The van der Waals surface area contributed by atoms with E-state index in [0.717, 1.165) is 16.2 Å². The van der Waals surface area contributed by atoms with Crippen molar-refractivity contribution >= 4 is 39.3 Å². The number of amides is 1. The predicted molar refractivity (Wildman–Crippen MR) is 104 cm³/mol. The van der Waals surface area contributed by atoms with Gasteiger partial charge in [-0.05, 0) is 35.9 Å². The number of aryl methyl sites for hydroxylation is 1. The van der Waals surface area contributed by atoms with Crippen molar-refractivity contribution in [3.05, 3.63) is 78.1 Å². The zero-order chi connectivity index (χ0) is 18.8. The van der Waals surface area contributed by atoms with Crippen LogP contribution in [-0.2, 0) is 9.53 Å². The number of hydrogen-bond acceptors (Lipinski definition) is 4. The van der Waals surface area contributed by atoms with E-state index in [-0.39, 0.29) is 12.4 Å². The molecule has 0 fully saturated rings. The van der Waals surface area contributed by atoms with Gasteiger partial charge in [0, 0.05) is 16.6 Å². The third-order valence-corrected chi connectivity index (χ3v) is 4.40. The van der Waals surface area contributed by atoms with E-state index in [2.05, 4.69) is 5.32 Å². The molecule has 1 aromatic heterocycles. The molecule has 1 heterocycles. The SMILES string of the molecule is Cc1c(C(=O)OCC(=O)Nc2ccc3ccccc3c2)oc2ccccc12. The fourth-order valence-corrected chi connectivity index (χ4v) is 3.03. The second kappa shape index (κ2) is 6.96. The highest BCUT2D eigenvalue weighted by Gasteiger charge is 2.19. The molecule has 5 heteroatoms. The van der Waals surface area contributed by atoms with Gasteiger partial charge < -0.3 is 14.5 Å². The van der Waals surface area contributed by atoms with Crippen LogP contribution in [0.3, 0.4) is 0 Å². The molecule has 3 aromatic carbocycles. The molecule has 134 valence electrons. The number of para-hydroxylation sites is 1. The first-order valence-corrected chi connectivity index (χ1v) is 8.56. The van der Waals surface area contributed by atoms with Gasteiger partial charge in [0.25, 0.3) is 5.91 Å². The van der Waals surface area contributed by atoms with Crippen LogP contribution in [0.4, 0.5) is 5.69 Å². The van der Waals surface area contributed by atoms with E-state index < -0.39 is 11.9 Å². The van der Waals surface area contributed by atoms with Crippen molar-refractivity contribution < 1.29 is 18.7 Å².